The molecule has 1 aliphatic heterocycles. The van der Waals surface area contributed by atoms with Gasteiger partial charge in [-0.1, -0.05) is 28.1 Å². The normalized spacial score (nSPS) is 16.1. The van der Waals surface area contributed by atoms with Gasteiger partial charge < -0.3 is 10.1 Å². The molecule has 2 aromatic rings. The van der Waals surface area contributed by atoms with Gasteiger partial charge >= 0.3 is 11.7 Å². The van der Waals surface area contributed by atoms with Crippen LogP contribution >= 0.6 is 15.9 Å². The fraction of sp³-hybridized carbons (Fsp3) is 0.278. The van der Waals surface area contributed by atoms with E-state index in [1.54, 1.807) is 14.0 Å². The first-order chi connectivity index (χ1) is 12.3. The average Bonchev–Trinajstić information content (AvgIpc) is 2.63. The smallest absolute Gasteiger partial charge is 0.336 e. The van der Waals surface area contributed by atoms with E-state index in [-0.39, 0.29) is 0 Å². The van der Waals surface area contributed by atoms with Crippen LogP contribution in [0.3, 0.4) is 0 Å². The minimum absolute atomic E-state index is 0.332. The molecule has 8 heteroatoms. The highest BCUT2D eigenvalue weighted by Gasteiger charge is 2.37. The molecule has 0 saturated heterocycles. The third-order valence-corrected chi connectivity index (χ3v) is 5.07. The van der Waals surface area contributed by atoms with Crippen molar-refractivity contribution in [3.05, 3.63) is 72.0 Å². The van der Waals surface area contributed by atoms with E-state index >= 15 is 0 Å². The molecule has 0 spiro atoms. The summed E-state index contributed by atoms with van der Waals surface area (Å²) < 4.78 is 8.19. The molecule has 0 bridgehead atoms. The number of anilines is 1. The van der Waals surface area contributed by atoms with Crippen molar-refractivity contribution in [1.82, 2.24) is 9.13 Å². The Kier molecular flexibility index (Phi) is 4.62. The number of benzene rings is 1. The number of rotatable bonds is 2. The number of aromatic nitrogens is 2. The van der Waals surface area contributed by atoms with Crippen LogP contribution in [0.25, 0.3) is 0 Å². The third kappa shape index (κ3) is 2.70. The van der Waals surface area contributed by atoms with Gasteiger partial charge in [0, 0.05) is 24.3 Å². The van der Waals surface area contributed by atoms with Crippen LogP contribution in [0.2, 0.25) is 0 Å². The fourth-order valence-corrected chi connectivity index (χ4v) is 3.70. The van der Waals surface area contributed by atoms with E-state index in [0.29, 0.717) is 22.7 Å². The number of esters is 1. The average molecular weight is 420 g/mol. The fourth-order valence-electron chi connectivity index (χ4n) is 3.29. The minimum atomic E-state index is -0.651. The zero-order chi connectivity index (χ0) is 19.2. The van der Waals surface area contributed by atoms with Crippen LogP contribution in [0.1, 0.15) is 24.0 Å². The number of nitrogens with one attached hydrogen (secondary N) is 1. The highest BCUT2D eigenvalue weighted by Crippen LogP contribution is 2.40. The maximum atomic E-state index is 12.9. The van der Waals surface area contributed by atoms with Crippen LogP contribution in [-0.4, -0.2) is 22.2 Å². The van der Waals surface area contributed by atoms with Gasteiger partial charge in [-0.25, -0.2) is 9.59 Å². The predicted molar refractivity (Wildman–Crippen MR) is 101 cm³/mol. The number of carbonyl (C=O) groups excluding carboxylic acids is 1. The summed E-state index contributed by atoms with van der Waals surface area (Å²) in [7, 11) is 4.31. The van der Waals surface area contributed by atoms with Gasteiger partial charge in [-0.3, -0.25) is 13.9 Å². The molecule has 1 aromatic heterocycles. The van der Waals surface area contributed by atoms with Gasteiger partial charge in [0.2, 0.25) is 0 Å². The van der Waals surface area contributed by atoms with E-state index in [1.165, 1.54) is 18.7 Å². The van der Waals surface area contributed by atoms with Crippen LogP contribution < -0.4 is 16.6 Å². The Morgan fingerprint density at radius 1 is 1.23 bits per heavy atom. The quantitative estimate of drug-likeness (QED) is 0.751. The van der Waals surface area contributed by atoms with Crippen LogP contribution in [-0.2, 0) is 23.6 Å². The molecule has 0 amide bonds. The lowest BCUT2D eigenvalue weighted by atomic mass is 9.82. The highest BCUT2D eigenvalue weighted by molar-refractivity contribution is 9.10. The van der Waals surface area contributed by atoms with E-state index in [0.717, 1.165) is 14.6 Å². The Bertz CT molecular complexity index is 1070. The molecular weight excluding hydrogens is 402 g/mol. The number of fused-ring (bicyclic) bond motifs is 1. The number of methoxy groups -OCH3 is 1. The molecule has 7 nitrogen and oxygen atoms in total. The molecule has 136 valence electrons. The summed E-state index contributed by atoms with van der Waals surface area (Å²) in [5.41, 5.74) is 1.07. The summed E-state index contributed by atoms with van der Waals surface area (Å²) in [6.45, 7) is 1.72. The highest BCUT2D eigenvalue weighted by atomic mass is 79.9. The standard InChI is InChI=1S/C18H18BrN3O4/c1-9-12(17(24)26-4)13(10-6-5-7-11(19)8-10)14-15(20-9)21(2)18(25)22(3)16(14)23/h5-8,13,20H,1-4H3/t13-/m1/s1. The molecule has 0 radical (unpaired) electrons. The molecule has 1 atom stereocenters. The van der Waals surface area contributed by atoms with E-state index in [9.17, 15) is 14.4 Å². The molecular formula is C18H18BrN3O4. The molecule has 0 fully saturated rings. The van der Waals surface area contributed by atoms with E-state index in [1.807, 2.05) is 24.3 Å². The number of hydrogen-bond donors (Lipinski definition) is 1. The zero-order valence-corrected chi connectivity index (χ0v) is 16.4. The number of allylic oxidation sites excluding steroid dienone is 1. The zero-order valence-electron chi connectivity index (χ0n) is 14.8. The lowest BCUT2D eigenvalue weighted by Gasteiger charge is -2.30. The lowest BCUT2D eigenvalue weighted by molar-refractivity contribution is -0.136. The molecule has 1 aromatic carbocycles. The van der Waals surface area contributed by atoms with Crippen molar-refractivity contribution in [2.24, 2.45) is 14.1 Å². The first-order valence-corrected chi connectivity index (χ1v) is 8.68. The summed E-state index contributed by atoms with van der Waals surface area (Å²) in [5, 5.41) is 3.03. The molecule has 1 aliphatic rings. The Morgan fingerprint density at radius 3 is 2.54 bits per heavy atom. The van der Waals surface area contributed by atoms with Gasteiger partial charge in [0.15, 0.2) is 0 Å². The number of hydrogen-bond acceptors (Lipinski definition) is 5. The second-order valence-electron chi connectivity index (χ2n) is 6.11. The molecule has 0 aliphatic carbocycles. The maximum Gasteiger partial charge on any atom is 0.336 e. The summed E-state index contributed by atoms with van der Waals surface area (Å²) in [6.07, 6.45) is 0. The summed E-state index contributed by atoms with van der Waals surface area (Å²) in [4.78, 5) is 37.7. The monoisotopic (exact) mass is 419 g/mol. The number of halogens is 1. The van der Waals surface area contributed by atoms with Crippen molar-refractivity contribution >= 4 is 27.7 Å². The summed E-state index contributed by atoms with van der Waals surface area (Å²) >= 11 is 3.43. The van der Waals surface area contributed by atoms with E-state index in [4.69, 9.17) is 4.74 Å². The van der Waals surface area contributed by atoms with Crippen molar-refractivity contribution < 1.29 is 9.53 Å². The number of nitrogens with zero attached hydrogens (tertiary/aromatic N) is 2. The van der Waals surface area contributed by atoms with Gasteiger partial charge in [-0.2, -0.15) is 0 Å². The van der Waals surface area contributed by atoms with Crippen molar-refractivity contribution in [2.45, 2.75) is 12.8 Å². The van der Waals surface area contributed by atoms with Crippen LogP contribution in [0.5, 0.6) is 0 Å². The van der Waals surface area contributed by atoms with Crippen molar-refractivity contribution in [2.75, 3.05) is 12.4 Å². The first kappa shape index (κ1) is 18.2. The third-order valence-electron chi connectivity index (χ3n) is 4.57. The molecule has 26 heavy (non-hydrogen) atoms. The Labute approximate surface area is 158 Å². The molecule has 2 heterocycles. The maximum absolute atomic E-state index is 12.9. The van der Waals surface area contributed by atoms with Crippen LogP contribution in [0.4, 0.5) is 5.82 Å². The lowest BCUT2D eigenvalue weighted by Crippen LogP contribution is -2.43. The van der Waals surface area contributed by atoms with Crippen molar-refractivity contribution in [1.29, 1.82) is 0 Å². The minimum Gasteiger partial charge on any atom is -0.466 e. The summed E-state index contributed by atoms with van der Waals surface area (Å²) in [5.74, 6) is -0.795. The molecule has 3 rings (SSSR count). The van der Waals surface area contributed by atoms with Crippen molar-refractivity contribution in [3.8, 4) is 0 Å². The second-order valence-corrected chi connectivity index (χ2v) is 7.03. The Hall–Kier alpha value is -2.61. The van der Waals surface area contributed by atoms with Crippen LogP contribution in [0.15, 0.2) is 49.6 Å². The molecule has 1 N–H and O–H groups in total. The van der Waals surface area contributed by atoms with Gasteiger partial charge in [0.1, 0.15) is 5.82 Å². The summed E-state index contributed by atoms with van der Waals surface area (Å²) in [6, 6.07) is 7.38. The van der Waals surface area contributed by atoms with Gasteiger partial charge in [0.05, 0.1) is 24.2 Å². The van der Waals surface area contributed by atoms with Crippen molar-refractivity contribution in [3.63, 3.8) is 0 Å². The predicted octanol–water partition coefficient (Wildman–Crippen LogP) is 1.85. The van der Waals surface area contributed by atoms with Gasteiger partial charge in [-0.15, -0.1) is 0 Å². The number of carbonyl (C=O) groups is 1. The van der Waals surface area contributed by atoms with Crippen LogP contribution in [0, 0.1) is 0 Å². The topological polar surface area (TPSA) is 82.3 Å². The van der Waals surface area contributed by atoms with E-state index in [2.05, 4.69) is 21.2 Å². The largest absolute Gasteiger partial charge is 0.466 e. The molecule has 0 saturated carbocycles. The SMILES string of the molecule is COC(=O)C1=C(C)Nc2c(c(=O)n(C)c(=O)n2C)[C@@H]1c1cccc(Br)c1. The Morgan fingerprint density at radius 2 is 1.92 bits per heavy atom. The van der Waals surface area contributed by atoms with Gasteiger partial charge in [0.25, 0.3) is 5.56 Å². The number of ether oxygens (including phenoxy) is 1. The van der Waals surface area contributed by atoms with Gasteiger partial charge in [-0.05, 0) is 24.6 Å². The second kappa shape index (κ2) is 6.60. The first-order valence-electron chi connectivity index (χ1n) is 7.89. The molecule has 0 unspecified atom stereocenters. The Balaban J connectivity index is 2.43. The van der Waals surface area contributed by atoms with E-state index < -0.39 is 23.1 Å².